The summed E-state index contributed by atoms with van der Waals surface area (Å²) in [5.74, 6) is 2.61. The number of rotatable bonds is 9. The molecule has 3 aromatic rings. The van der Waals surface area contributed by atoms with Crippen molar-refractivity contribution in [2.45, 2.75) is 46.0 Å². The maximum atomic E-state index is 13.3. The molecule has 0 bridgehead atoms. The van der Waals surface area contributed by atoms with Crippen LogP contribution in [-0.4, -0.2) is 57.0 Å². The third-order valence-corrected chi connectivity index (χ3v) is 5.48. The van der Waals surface area contributed by atoms with Gasteiger partial charge in [0.15, 0.2) is 11.5 Å². The molecule has 4 rings (SSSR count). The van der Waals surface area contributed by atoms with E-state index < -0.39 is 0 Å². The molecule has 1 aliphatic heterocycles. The van der Waals surface area contributed by atoms with Gasteiger partial charge in [0.05, 0.1) is 20.3 Å². The molecule has 1 saturated heterocycles. The van der Waals surface area contributed by atoms with Crippen molar-refractivity contribution in [1.29, 1.82) is 0 Å². The Labute approximate surface area is 193 Å². The Morgan fingerprint density at radius 2 is 2.06 bits per heavy atom. The number of carbonyl (C=O) groups excluding carboxylic acids is 1. The second kappa shape index (κ2) is 10.4. The summed E-state index contributed by atoms with van der Waals surface area (Å²) in [6, 6.07) is 9.59. The average molecular weight is 452 g/mol. The number of amides is 1. The molecule has 9 heteroatoms. The standard InChI is InChI=1S/C24H29N5O4/c1-17-26-18(2)29(27-17)15-24(30)28(14-20-5-4-9-25-12-20)13-19-6-7-22(23(11-19)31-3)33-21-8-10-32-16-21/h4-7,9,11-12,21H,8,10,13-16H2,1-3H3/t21-/m0/s1. The number of aryl methyl sites for hydroxylation is 2. The van der Waals surface area contributed by atoms with Gasteiger partial charge in [-0.3, -0.25) is 9.78 Å². The highest BCUT2D eigenvalue weighted by atomic mass is 16.6. The Morgan fingerprint density at radius 3 is 2.73 bits per heavy atom. The van der Waals surface area contributed by atoms with Gasteiger partial charge in [0.25, 0.3) is 0 Å². The van der Waals surface area contributed by atoms with Crippen LogP contribution in [0.1, 0.15) is 29.2 Å². The SMILES string of the molecule is COc1cc(CN(Cc2cccnc2)C(=O)Cn2nc(C)nc2C)ccc1O[C@H]1CCOC1. The smallest absolute Gasteiger partial charge is 0.244 e. The summed E-state index contributed by atoms with van der Waals surface area (Å²) in [5.41, 5.74) is 1.89. The molecule has 2 aromatic heterocycles. The first kappa shape index (κ1) is 22.7. The summed E-state index contributed by atoms with van der Waals surface area (Å²) >= 11 is 0. The van der Waals surface area contributed by atoms with Gasteiger partial charge in [-0.15, -0.1) is 0 Å². The van der Waals surface area contributed by atoms with Crippen molar-refractivity contribution in [3.63, 3.8) is 0 Å². The zero-order valence-corrected chi connectivity index (χ0v) is 19.2. The Kier molecular flexibility index (Phi) is 7.19. The highest BCUT2D eigenvalue weighted by molar-refractivity contribution is 5.76. The molecule has 1 fully saturated rings. The maximum Gasteiger partial charge on any atom is 0.244 e. The van der Waals surface area contributed by atoms with E-state index in [1.807, 2.05) is 44.2 Å². The van der Waals surface area contributed by atoms with Crippen LogP contribution in [0, 0.1) is 13.8 Å². The molecule has 1 aromatic carbocycles. The van der Waals surface area contributed by atoms with Crippen LogP contribution < -0.4 is 9.47 Å². The number of hydrogen-bond acceptors (Lipinski definition) is 7. The van der Waals surface area contributed by atoms with Crippen molar-refractivity contribution in [3.8, 4) is 11.5 Å². The van der Waals surface area contributed by atoms with Crippen LogP contribution >= 0.6 is 0 Å². The minimum atomic E-state index is -0.0609. The maximum absolute atomic E-state index is 13.3. The number of aromatic nitrogens is 4. The molecule has 0 saturated carbocycles. The molecule has 0 aliphatic carbocycles. The molecular formula is C24H29N5O4. The van der Waals surface area contributed by atoms with Gasteiger partial charge in [-0.2, -0.15) is 5.10 Å². The van der Waals surface area contributed by atoms with Crippen LogP contribution in [0.4, 0.5) is 0 Å². The van der Waals surface area contributed by atoms with E-state index in [1.165, 1.54) is 0 Å². The lowest BCUT2D eigenvalue weighted by Crippen LogP contribution is -2.33. The number of pyridine rings is 1. The van der Waals surface area contributed by atoms with Crippen LogP contribution in [-0.2, 0) is 29.2 Å². The van der Waals surface area contributed by atoms with Crippen molar-refractivity contribution in [1.82, 2.24) is 24.6 Å². The van der Waals surface area contributed by atoms with Crippen LogP contribution in [0.2, 0.25) is 0 Å². The second-order valence-corrected chi connectivity index (χ2v) is 8.06. The molecule has 0 spiro atoms. The van der Waals surface area contributed by atoms with Crippen molar-refractivity contribution in [2.24, 2.45) is 0 Å². The van der Waals surface area contributed by atoms with Gasteiger partial charge in [0, 0.05) is 31.9 Å². The first-order valence-electron chi connectivity index (χ1n) is 11.0. The molecule has 1 amide bonds. The van der Waals surface area contributed by atoms with Gasteiger partial charge in [-0.1, -0.05) is 12.1 Å². The topological polar surface area (TPSA) is 91.6 Å². The molecule has 3 heterocycles. The van der Waals surface area contributed by atoms with Crippen LogP contribution in [0.15, 0.2) is 42.7 Å². The fraction of sp³-hybridized carbons (Fsp3) is 0.417. The largest absolute Gasteiger partial charge is 0.493 e. The highest BCUT2D eigenvalue weighted by Gasteiger charge is 2.21. The summed E-state index contributed by atoms with van der Waals surface area (Å²) in [6.45, 7) is 5.91. The minimum Gasteiger partial charge on any atom is -0.493 e. The quantitative estimate of drug-likeness (QED) is 0.494. The minimum absolute atomic E-state index is 0.0304. The van der Waals surface area contributed by atoms with Crippen LogP contribution in [0.3, 0.4) is 0 Å². The van der Waals surface area contributed by atoms with Crippen LogP contribution in [0.5, 0.6) is 11.5 Å². The Hall–Kier alpha value is -3.46. The Balaban J connectivity index is 1.53. The predicted octanol–water partition coefficient (Wildman–Crippen LogP) is 2.70. The number of hydrogen-bond donors (Lipinski definition) is 0. The van der Waals surface area contributed by atoms with Crippen molar-refractivity contribution in [2.75, 3.05) is 20.3 Å². The second-order valence-electron chi connectivity index (χ2n) is 8.06. The summed E-state index contributed by atoms with van der Waals surface area (Å²) < 4.78 is 18.6. The molecule has 1 aliphatic rings. The van der Waals surface area contributed by atoms with E-state index in [4.69, 9.17) is 14.2 Å². The number of nitrogens with zero attached hydrogens (tertiary/aromatic N) is 5. The van der Waals surface area contributed by atoms with Gasteiger partial charge in [0.1, 0.15) is 24.3 Å². The number of ether oxygens (including phenoxy) is 3. The van der Waals surface area contributed by atoms with Crippen molar-refractivity contribution < 1.29 is 19.0 Å². The Morgan fingerprint density at radius 1 is 1.21 bits per heavy atom. The lowest BCUT2D eigenvalue weighted by molar-refractivity contribution is -0.133. The third kappa shape index (κ3) is 5.87. The van der Waals surface area contributed by atoms with E-state index in [2.05, 4.69) is 15.1 Å². The van der Waals surface area contributed by atoms with E-state index >= 15 is 0 Å². The van der Waals surface area contributed by atoms with Crippen molar-refractivity contribution >= 4 is 5.91 Å². The molecule has 0 radical (unpaired) electrons. The average Bonchev–Trinajstić information content (AvgIpc) is 3.43. The van der Waals surface area contributed by atoms with Gasteiger partial charge in [-0.05, 0) is 43.2 Å². The third-order valence-electron chi connectivity index (χ3n) is 5.48. The zero-order chi connectivity index (χ0) is 23.2. The normalized spacial score (nSPS) is 15.4. The summed E-state index contributed by atoms with van der Waals surface area (Å²) in [7, 11) is 1.62. The Bertz CT molecular complexity index is 1080. The zero-order valence-electron chi connectivity index (χ0n) is 19.2. The van der Waals surface area contributed by atoms with E-state index in [9.17, 15) is 4.79 Å². The molecule has 9 nitrogen and oxygen atoms in total. The first-order chi connectivity index (χ1) is 16.0. The first-order valence-corrected chi connectivity index (χ1v) is 11.0. The van der Waals surface area contributed by atoms with Gasteiger partial charge in [0.2, 0.25) is 5.91 Å². The molecular weight excluding hydrogens is 422 g/mol. The summed E-state index contributed by atoms with van der Waals surface area (Å²) in [5, 5.41) is 4.33. The summed E-state index contributed by atoms with van der Waals surface area (Å²) in [6.07, 6.45) is 4.38. The lowest BCUT2D eigenvalue weighted by Gasteiger charge is -2.24. The molecule has 33 heavy (non-hydrogen) atoms. The fourth-order valence-corrected chi connectivity index (χ4v) is 3.80. The lowest BCUT2D eigenvalue weighted by atomic mass is 10.1. The number of benzene rings is 1. The monoisotopic (exact) mass is 451 g/mol. The van der Waals surface area contributed by atoms with Gasteiger partial charge in [-0.25, -0.2) is 9.67 Å². The summed E-state index contributed by atoms with van der Waals surface area (Å²) in [4.78, 5) is 23.5. The van der Waals surface area contributed by atoms with Crippen molar-refractivity contribution in [3.05, 3.63) is 65.5 Å². The van der Waals surface area contributed by atoms with E-state index in [0.29, 0.717) is 49.5 Å². The van der Waals surface area contributed by atoms with E-state index in [-0.39, 0.29) is 18.6 Å². The number of carbonyl (C=O) groups is 1. The molecule has 1 atom stereocenters. The van der Waals surface area contributed by atoms with E-state index in [1.54, 1.807) is 29.1 Å². The molecule has 0 N–H and O–H groups in total. The molecule has 0 unspecified atom stereocenters. The number of methoxy groups -OCH3 is 1. The van der Waals surface area contributed by atoms with Crippen LogP contribution in [0.25, 0.3) is 0 Å². The highest BCUT2D eigenvalue weighted by Crippen LogP contribution is 2.31. The molecule has 174 valence electrons. The predicted molar refractivity (Wildman–Crippen MR) is 121 cm³/mol. The fourth-order valence-electron chi connectivity index (χ4n) is 3.80. The van der Waals surface area contributed by atoms with Gasteiger partial charge >= 0.3 is 0 Å². The van der Waals surface area contributed by atoms with Gasteiger partial charge < -0.3 is 19.1 Å². The van der Waals surface area contributed by atoms with E-state index in [0.717, 1.165) is 17.5 Å².